The van der Waals surface area contributed by atoms with Crippen molar-refractivity contribution >= 4 is 16.6 Å². The van der Waals surface area contributed by atoms with Crippen LogP contribution in [0.5, 0.6) is 0 Å². The van der Waals surface area contributed by atoms with Gasteiger partial charge in [-0.3, -0.25) is 0 Å². The fraction of sp³-hybridized carbons (Fsp3) is 1.00. The second-order valence-corrected chi connectivity index (χ2v) is 0.695. The molecule has 0 radical (unpaired) electrons. The van der Waals surface area contributed by atoms with E-state index in [0.29, 0.717) is 6.61 Å². The molecule has 0 heterocycles. The van der Waals surface area contributed by atoms with E-state index in [1.807, 2.05) is 23.5 Å². The average Bonchev–Trinajstić information content (AvgIpc) is 1.41. The van der Waals surface area contributed by atoms with Gasteiger partial charge in [0.05, 0.1) is 0 Å². The third-order valence-corrected chi connectivity index (χ3v) is 0.322. The molecule has 0 amide bonds. The summed E-state index contributed by atoms with van der Waals surface area (Å²) < 4.78 is 4.11. The maximum atomic E-state index is 4.30. The Morgan fingerprint density at radius 2 is 2.40 bits per heavy atom. The van der Waals surface area contributed by atoms with Crippen LogP contribution in [0.1, 0.15) is 6.92 Å². The first-order valence-corrected chi connectivity index (χ1v) is 1.87. The fourth-order valence-electron chi connectivity index (χ4n) is 0.0680. The van der Waals surface area contributed by atoms with Crippen molar-refractivity contribution in [2.24, 2.45) is 0 Å². The van der Waals surface area contributed by atoms with Crippen molar-refractivity contribution < 1.29 is 8.83 Å². The second kappa shape index (κ2) is 4.45. The molecule has 0 aliphatic heterocycles. The molecule has 5 heavy (non-hydrogen) atoms. The van der Waals surface area contributed by atoms with Crippen molar-refractivity contribution in [2.45, 2.75) is 6.92 Å². The molecule has 0 aliphatic rings. The standard InChI is InChI=1S/C2H6O2.Al/c1-2-4-3;/h3H,2H2,1H3;/q;+3/p-1. The third kappa shape index (κ3) is 4.45. The Morgan fingerprint density at radius 1 is 1.80 bits per heavy atom. The van der Waals surface area contributed by atoms with Gasteiger partial charge in [0.1, 0.15) is 0 Å². The molecule has 0 N–H and O–H groups in total. The van der Waals surface area contributed by atoms with E-state index in [2.05, 4.69) is 8.83 Å². The third-order valence-electron chi connectivity index (χ3n) is 0.186. The van der Waals surface area contributed by atoms with Gasteiger partial charge in [0.2, 0.25) is 0 Å². The summed E-state index contributed by atoms with van der Waals surface area (Å²) in [6, 6.07) is 0. The summed E-state index contributed by atoms with van der Waals surface area (Å²) in [4.78, 5) is 4.30. The van der Waals surface area contributed by atoms with Gasteiger partial charge in [-0.05, 0) is 0 Å². The Hall–Kier alpha value is 0.452. The zero-order chi connectivity index (χ0) is 4.12. The predicted molar refractivity (Wildman–Crippen MR) is 18.5 cm³/mol. The minimum atomic E-state index is 0.601. The van der Waals surface area contributed by atoms with E-state index in [4.69, 9.17) is 0 Å². The quantitative estimate of drug-likeness (QED) is 0.269. The molecule has 0 saturated carbocycles. The molecule has 0 aromatic rings. The Labute approximate surface area is 39.8 Å². The average molecular weight is 88.0 g/mol. The molecule has 26 valence electrons. The monoisotopic (exact) mass is 88.0 g/mol. The van der Waals surface area contributed by atoms with Crippen LogP contribution >= 0.6 is 0 Å². The Bertz CT molecular complexity index is 15.1. The van der Waals surface area contributed by atoms with Crippen LogP contribution in [0.3, 0.4) is 0 Å². The molecule has 0 rings (SSSR count). The van der Waals surface area contributed by atoms with E-state index in [1.165, 1.54) is 0 Å². The van der Waals surface area contributed by atoms with Crippen molar-refractivity contribution in [3.8, 4) is 0 Å². The van der Waals surface area contributed by atoms with Gasteiger partial charge in [0.25, 0.3) is 0 Å². The zero-order valence-electron chi connectivity index (χ0n) is 3.10. The molecule has 2 nitrogen and oxygen atoms in total. The van der Waals surface area contributed by atoms with Gasteiger partial charge < -0.3 is 0 Å². The summed E-state index contributed by atoms with van der Waals surface area (Å²) in [6.45, 7) is 2.45. The van der Waals surface area contributed by atoms with Gasteiger partial charge in [0, 0.05) is 0 Å². The van der Waals surface area contributed by atoms with Crippen LogP contribution in [0.4, 0.5) is 0 Å². The van der Waals surface area contributed by atoms with Crippen LogP contribution in [0.25, 0.3) is 0 Å². The molecule has 0 bridgehead atoms. The SMILES string of the molecule is CCO[O][Al+2]. The van der Waals surface area contributed by atoms with E-state index in [9.17, 15) is 0 Å². The Morgan fingerprint density at radius 3 is 2.40 bits per heavy atom. The number of hydrogen-bond acceptors (Lipinski definition) is 2. The van der Waals surface area contributed by atoms with E-state index in [-0.39, 0.29) is 0 Å². The molecular weight excluding hydrogens is 83.0 g/mol. The van der Waals surface area contributed by atoms with Crippen molar-refractivity contribution in [3.63, 3.8) is 0 Å². The summed E-state index contributed by atoms with van der Waals surface area (Å²) in [5.74, 6) is 0. The van der Waals surface area contributed by atoms with E-state index >= 15 is 0 Å². The summed E-state index contributed by atoms with van der Waals surface area (Å²) in [5, 5.41) is 0. The maximum absolute atomic E-state index is 4.30. The molecular formula is C2H5AlO2+2. The molecule has 0 spiro atoms. The van der Waals surface area contributed by atoms with E-state index in [0.717, 1.165) is 0 Å². The number of rotatable bonds is 2. The van der Waals surface area contributed by atoms with Crippen molar-refractivity contribution in [2.75, 3.05) is 6.61 Å². The Kier molecular flexibility index (Phi) is 4.86. The van der Waals surface area contributed by atoms with Gasteiger partial charge in [0.15, 0.2) is 0 Å². The van der Waals surface area contributed by atoms with Crippen molar-refractivity contribution in [3.05, 3.63) is 0 Å². The first-order valence-electron chi connectivity index (χ1n) is 1.40. The van der Waals surface area contributed by atoms with Crippen LogP contribution < -0.4 is 0 Å². The molecule has 3 heteroatoms. The second-order valence-electron chi connectivity index (χ2n) is 0.503. The van der Waals surface area contributed by atoms with E-state index < -0.39 is 0 Å². The topological polar surface area (TPSA) is 18.5 Å². The van der Waals surface area contributed by atoms with Crippen LogP contribution in [0, 0.1) is 0 Å². The van der Waals surface area contributed by atoms with Gasteiger partial charge in [-0.1, -0.05) is 0 Å². The zero-order valence-corrected chi connectivity index (χ0v) is 4.26. The first-order chi connectivity index (χ1) is 2.41. The fourth-order valence-corrected chi connectivity index (χ4v) is 0.204. The predicted octanol–water partition coefficient (Wildman–Crippen LogP) is 0.0380. The molecule has 0 aromatic heterocycles. The van der Waals surface area contributed by atoms with Crippen molar-refractivity contribution in [1.82, 2.24) is 0 Å². The summed E-state index contributed by atoms with van der Waals surface area (Å²) >= 11 is 1.98. The molecule has 0 saturated heterocycles. The molecule has 0 fully saturated rings. The molecule has 0 unspecified atom stereocenters. The van der Waals surface area contributed by atoms with Crippen LogP contribution in [-0.2, 0) is 8.83 Å². The molecule has 0 aromatic carbocycles. The Balaban J connectivity index is 2.19. The first kappa shape index (κ1) is 5.45. The summed E-state index contributed by atoms with van der Waals surface area (Å²) in [6.07, 6.45) is 0. The van der Waals surface area contributed by atoms with Gasteiger partial charge in [-0.2, -0.15) is 0 Å². The summed E-state index contributed by atoms with van der Waals surface area (Å²) in [5.41, 5.74) is 0. The van der Waals surface area contributed by atoms with Crippen LogP contribution in [0.15, 0.2) is 0 Å². The van der Waals surface area contributed by atoms with Crippen LogP contribution in [0.2, 0.25) is 0 Å². The minimum absolute atomic E-state index is 0.601. The molecule has 0 aliphatic carbocycles. The van der Waals surface area contributed by atoms with Crippen LogP contribution in [-0.4, -0.2) is 23.2 Å². The van der Waals surface area contributed by atoms with Gasteiger partial charge in [-0.15, -0.1) is 0 Å². The van der Waals surface area contributed by atoms with Gasteiger partial charge >= 0.3 is 39.0 Å². The summed E-state index contributed by atoms with van der Waals surface area (Å²) in [7, 11) is 0. The number of hydrogen-bond donors (Lipinski definition) is 0. The van der Waals surface area contributed by atoms with Crippen molar-refractivity contribution in [1.29, 1.82) is 0 Å². The molecule has 0 atom stereocenters. The van der Waals surface area contributed by atoms with Gasteiger partial charge in [-0.25, -0.2) is 0 Å². The van der Waals surface area contributed by atoms with E-state index in [1.54, 1.807) is 0 Å². The normalized spacial score (nSPS) is 8.60.